The van der Waals surface area contributed by atoms with Gasteiger partial charge in [-0.2, -0.15) is 0 Å². The van der Waals surface area contributed by atoms with Gasteiger partial charge in [0.15, 0.2) is 0 Å². The molecule has 1 aliphatic heterocycles. The van der Waals surface area contributed by atoms with Gasteiger partial charge < -0.3 is 14.4 Å². The van der Waals surface area contributed by atoms with Gasteiger partial charge in [-0.3, -0.25) is 4.68 Å². The van der Waals surface area contributed by atoms with Crippen molar-refractivity contribution in [2.24, 2.45) is 7.05 Å². The van der Waals surface area contributed by atoms with Crippen molar-refractivity contribution in [1.82, 2.24) is 14.7 Å². The first kappa shape index (κ1) is 19.3. The minimum Gasteiger partial charge on any atom is -0.472 e. The van der Waals surface area contributed by atoms with Crippen molar-refractivity contribution in [2.75, 3.05) is 13.1 Å². The van der Waals surface area contributed by atoms with Crippen LogP contribution in [-0.4, -0.2) is 39.5 Å². The average molecular weight is 371 g/mol. The molecule has 146 valence electrons. The zero-order valence-corrected chi connectivity index (χ0v) is 16.6. The van der Waals surface area contributed by atoms with Crippen LogP contribution in [0, 0.1) is 0 Å². The predicted molar refractivity (Wildman–Crippen MR) is 104 cm³/mol. The first-order valence-electron chi connectivity index (χ1n) is 9.50. The summed E-state index contributed by atoms with van der Waals surface area (Å²) in [6.07, 6.45) is 3.57. The molecule has 1 aliphatic rings. The topological polar surface area (TPSA) is 56.6 Å². The fraction of sp³-hybridized carbons (Fsp3) is 0.524. The predicted octanol–water partition coefficient (Wildman–Crippen LogP) is 4.11. The molecule has 2 heterocycles. The minimum atomic E-state index is -0.463. The summed E-state index contributed by atoms with van der Waals surface area (Å²) in [4.78, 5) is 14.0. The second-order valence-corrected chi connectivity index (χ2v) is 8.08. The number of ether oxygens (including phenoxy) is 2. The number of aryl methyl sites for hydroxylation is 1. The van der Waals surface area contributed by atoms with E-state index in [-0.39, 0.29) is 6.09 Å². The van der Waals surface area contributed by atoms with Crippen LogP contribution in [0.4, 0.5) is 4.79 Å². The number of amides is 1. The fourth-order valence-electron chi connectivity index (χ4n) is 3.30. The van der Waals surface area contributed by atoms with Crippen molar-refractivity contribution in [1.29, 1.82) is 0 Å². The summed E-state index contributed by atoms with van der Waals surface area (Å²) < 4.78 is 13.3. The number of likely N-dealkylation sites (tertiary alicyclic amines) is 1. The van der Waals surface area contributed by atoms with Crippen molar-refractivity contribution in [3.63, 3.8) is 0 Å². The monoisotopic (exact) mass is 371 g/mol. The van der Waals surface area contributed by atoms with Gasteiger partial charge in [-0.25, -0.2) is 4.79 Å². The summed E-state index contributed by atoms with van der Waals surface area (Å²) in [6.45, 7) is 7.55. The highest BCUT2D eigenvalue weighted by molar-refractivity contribution is 5.68. The molecule has 1 fully saturated rings. The van der Waals surface area contributed by atoms with E-state index >= 15 is 0 Å². The number of carbonyl (C=O) groups is 1. The quantitative estimate of drug-likeness (QED) is 0.811. The third-order valence-corrected chi connectivity index (χ3v) is 4.63. The van der Waals surface area contributed by atoms with Crippen LogP contribution < -0.4 is 4.74 Å². The Bertz CT molecular complexity index is 757. The second-order valence-electron chi connectivity index (χ2n) is 8.08. The van der Waals surface area contributed by atoms with E-state index in [1.807, 2.05) is 64.3 Å². The van der Waals surface area contributed by atoms with Crippen LogP contribution >= 0.6 is 0 Å². The molecule has 0 spiro atoms. The first-order valence-corrected chi connectivity index (χ1v) is 9.50. The molecular formula is C21H29N3O3. The third kappa shape index (κ3) is 5.25. The molecule has 1 amide bonds. The van der Waals surface area contributed by atoms with Gasteiger partial charge >= 0.3 is 6.09 Å². The highest BCUT2D eigenvalue weighted by Crippen LogP contribution is 2.34. The molecule has 3 rings (SSSR count). The van der Waals surface area contributed by atoms with E-state index < -0.39 is 5.60 Å². The summed E-state index contributed by atoms with van der Waals surface area (Å²) in [5, 5.41) is 4.49. The first-order chi connectivity index (χ1) is 12.8. The van der Waals surface area contributed by atoms with E-state index in [4.69, 9.17) is 9.47 Å². The Morgan fingerprint density at radius 2 is 1.85 bits per heavy atom. The van der Waals surface area contributed by atoms with Gasteiger partial charge in [0.2, 0.25) is 5.88 Å². The lowest BCUT2D eigenvalue weighted by Gasteiger charge is -2.33. The van der Waals surface area contributed by atoms with Gasteiger partial charge in [0, 0.05) is 31.9 Å². The zero-order valence-electron chi connectivity index (χ0n) is 16.6. The largest absolute Gasteiger partial charge is 0.472 e. The molecule has 1 saturated heterocycles. The molecule has 0 atom stereocenters. The Balaban J connectivity index is 1.60. The summed E-state index contributed by atoms with van der Waals surface area (Å²) in [5.41, 5.74) is 1.78. The van der Waals surface area contributed by atoms with Crippen LogP contribution in [-0.2, 0) is 18.4 Å². The number of hydrogen-bond acceptors (Lipinski definition) is 4. The summed E-state index contributed by atoms with van der Waals surface area (Å²) in [7, 11) is 1.91. The minimum absolute atomic E-state index is 0.229. The normalized spacial score (nSPS) is 15.6. The lowest BCUT2D eigenvalue weighted by molar-refractivity contribution is 0.0204. The third-order valence-electron chi connectivity index (χ3n) is 4.63. The Morgan fingerprint density at radius 3 is 2.48 bits per heavy atom. The Kier molecular flexibility index (Phi) is 5.73. The van der Waals surface area contributed by atoms with Crippen molar-refractivity contribution >= 4 is 6.09 Å². The Hall–Kier alpha value is -2.50. The lowest BCUT2D eigenvalue weighted by Crippen LogP contribution is -2.41. The highest BCUT2D eigenvalue weighted by atomic mass is 16.6. The van der Waals surface area contributed by atoms with Gasteiger partial charge in [0.25, 0.3) is 0 Å². The van der Waals surface area contributed by atoms with Crippen LogP contribution in [0.3, 0.4) is 0 Å². The Labute approximate surface area is 161 Å². The van der Waals surface area contributed by atoms with Crippen LogP contribution in [0.2, 0.25) is 0 Å². The van der Waals surface area contributed by atoms with Gasteiger partial charge in [0.1, 0.15) is 12.2 Å². The molecule has 6 heteroatoms. The summed E-state index contributed by atoms with van der Waals surface area (Å²) >= 11 is 0. The molecule has 6 nitrogen and oxygen atoms in total. The van der Waals surface area contributed by atoms with Gasteiger partial charge in [-0.1, -0.05) is 30.3 Å². The van der Waals surface area contributed by atoms with Crippen molar-refractivity contribution in [2.45, 2.75) is 51.7 Å². The molecule has 2 aromatic rings. The number of nitrogens with zero attached hydrogens (tertiary/aromatic N) is 3. The maximum atomic E-state index is 12.2. The standard InChI is InChI=1S/C21H29N3O3/c1-21(2,3)27-20(25)24-12-10-17(11-13-24)18-14-23(4)22-19(18)26-15-16-8-6-5-7-9-16/h5-9,14,17H,10-13,15H2,1-4H3. The van der Waals surface area contributed by atoms with Crippen molar-refractivity contribution in [3.8, 4) is 5.88 Å². The number of hydrogen-bond donors (Lipinski definition) is 0. The van der Waals surface area contributed by atoms with E-state index in [1.165, 1.54) is 0 Å². The molecule has 0 saturated carbocycles. The number of piperidine rings is 1. The Morgan fingerprint density at radius 1 is 1.19 bits per heavy atom. The number of benzene rings is 1. The zero-order chi connectivity index (χ0) is 19.4. The molecule has 1 aromatic carbocycles. The van der Waals surface area contributed by atoms with Crippen molar-refractivity contribution < 1.29 is 14.3 Å². The van der Waals surface area contributed by atoms with Crippen LogP contribution in [0.5, 0.6) is 5.88 Å². The summed E-state index contributed by atoms with van der Waals surface area (Å²) in [6, 6.07) is 10.1. The SMILES string of the molecule is Cn1cc(C2CCN(C(=O)OC(C)(C)C)CC2)c(OCc2ccccc2)n1. The summed E-state index contributed by atoms with van der Waals surface area (Å²) in [5.74, 6) is 1.03. The maximum absolute atomic E-state index is 12.2. The number of carbonyl (C=O) groups excluding carboxylic acids is 1. The van der Waals surface area contributed by atoms with E-state index in [2.05, 4.69) is 5.10 Å². The van der Waals surface area contributed by atoms with E-state index in [9.17, 15) is 4.79 Å². The molecule has 1 aromatic heterocycles. The van der Waals surface area contributed by atoms with Crippen LogP contribution in [0.15, 0.2) is 36.5 Å². The van der Waals surface area contributed by atoms with E-state index in [1.54, 1.807) is 9.58 Å². The average Bonchev–Trinajstić information content (AvgIpc) is 3.00. The van der Waals surface area contributed by atoms with E-state index in [0.29, 0.717) is 31.5 Å². The van der Waals surface area contributed by atoms with Gasteiger partial charge in [-0.05, 0) is 45.1 Å². The molecular weight excluding hydrogens is 342 g/mol. The smallest absolute Gasteiger partial charge is 0.410 e. The van der Waals surface area contributed by atoms with E-state index in [0.717, 1.165) is 24.0 Å². The number of rotatable bonds is 4. The maximum Gasteiger partial charge on any atom is 0.410 e. The number of aromatic nitrogens is 2. The molecule has 27 heavy (non-hydrogen) atoms. The molecule has 0 radical (unpaired) electrons. The highest BCUT2D eigenvalue weighted by Gasteiger charge is 2.29. The molecule has 0 bridgehead atoms. The molecule has 0 N–H and O–H groups in total. The van der Waals surface area contributed by atoms with Crippen molar-refractivity contribution in [3.05, 3.63) is 47.7 Å². The lowest BCUT2D eigenvalue weighted by atomic mass is 9.91. The van der Waals surface area contributed by atoms with Crippen LogP contribution in [0.1, 0.15) is 50.7 Å². The second kappa shape index (κ2) is 8.03. The van der Waals surface area contributed by atoms with Crippen LogP contribution in [0.25, 0.3) is 0 Å². The van der Waals surface area contributed by atoms with Gasteiger partial charge in [-0.15, -0.1) is 5.10 Å². The molecule has 0 unspecified atom stereocenters. The fourth-order valence-corrected chi connectivity index (χ4v) is 3.30. The van der Waals surface area contributed by atoms with Gasteiger partial charge in [0.05, 0.1) is 0 Å². The molecule has 0 aliphatic carbocycles.